The van der Waals surface area contributed by atoms with Crippen LogP contribution in [-0.2, 0) is 11.2 Å². The molecule has 0 bridgehead atoms. The second-order valence-electron chi connectivity index (χ2n) is 4.75. The molecule has 1 heterocycles. The molecule has 2 atom stereocenters. The van der Waals surface area contributed by atoms with Crippen LogP contribution in [0.2, 0.25) is 0 Å². The molecule has 2 unspecified atom stereocenters. The van der Waals surface area contributed by atoms with Crippen LogP contribution in [0.25, 0.3) is 0 Å². The van der Waals surface area contributed by atoms with Crippen LogP contribution in [0.4, 0.5) is 0 Å². The second-order valence-corrected chi connectivity index (χ2v) is 4.75. The maximum absolute atomic E-state index is 5.51. The number of benzene rings is 1. The monoisotopic (exact) mass is 233 g/mol. The Balaban J connectivity index is 2.12. The summed E-state index contributed by atoms with van der Waals surface area (Å²) in [5.41, 5.74) is 2.81. The molecule has 1 saturated heterocycles. The zero-order valence-corrected chi connectivity index (χ0v) is 10.9. The maximum atomic E-state index is 5.51. The van der Waals surface area contributed by atoms with Crippen LogP contribution in [0.5, 0.6) is 0 Å². The van der Waals surface area contributed by atoms with Crippen LogP contribution in [0, 0.1) is 5.92 Å². The highest BCUT2D eigenvalue weighted by molar-refractivity contribution is 5.25. The van der Waals surface area contributed by atoms with Crippen LogP contribution >= 0.6 is 0 Å². The quantitative estimate of drug-likeness (QED) is 0.844. The van der Waals surface area contributed by atoms with E-state index in [9.17, 15) is 0 Å². The van der Waals surface area contributed by atoms with Gasteiger partial charge in [-0.25, -0.2) is 0 Å². The molecule has 0 amide bonds. The van der Waals surface area contributed by atoms with Crippen molar-refractivity contribution < 1.29 is 4.74 Å². The predicted octanol–water partition coefficient (Wildman–Crippen LogP) is 2.94. The summed E-state index contributed by atoms with van der Waals surface area (Å²) in [4.78, 5) is 0. The van der Waals surface area contributed by atoms with Crippen molar-refractivity contribution in [3.63, 3.8) is 0 Å². The zero-order chi connectivity index (χ0) is 12.1. The fourth-order valence-electron chi connectivity index (χ4n) is 2.55. The summed E-state index contributed by atoms with van der Waals surface area (Å²) in [6.45, 7) is 7.19. The lowest BCUT2D eigenvalue weighted by Gasteiger charge is -2.24. The number of aryl methyl sites for hydroxylation is 1. The van der Waals surface area contributed by atoms with Gasteiger partial charge < -0.3 is 10.1 Å². The molecule has 2 heteroatoms. The Kier molecular flexibility index (Phi) is 4.57. The molecule has 1 aliphatic heterocycles. The van der Waals surface area contributed by atoms with Gasteiger partial charge in [0.25, 0.3) is 0 Å². The summed E-state index contributed by atoms with van der Waals surface area (Å²) in [6, 6.07) is 9.48. The van der Waals surface area contributed by atoms with Gasteiger partial charge in [-0.1, -0.05) is 38.1 Å². The Bertz CT molecular complexity index is 327. The van der Waals surface area contributed by atoms with Gasteiger partial charge in [0.1, 0.15) is 0 Å². The van der Waals surface area contributed by atoms with E-state index in [1.54, 1.807) is 0 Å². The average Bonchev–Trinajstić information content (AvgIpc) is 2.90. The maximum Gasteiger partial charge on any atom is 0.0513 e. The topological polar surface area (TPSA) is 21.3 Å². The summed E-state index contributed by atoms with van der Waals surface area (Å²) in [5, 5.41) is 3.60. The summed E-state index contributed by atoms with van der Waals surface area (Å²) in [6.07, 6.45) is 2.28. The van der Waals surface area contributed by atoms with E-state index >= 15 is 0 Å². The minimum absolute atomic E-state index is 0.452. The van der Waals surface area contributed by atoms with Gasteiger partial charge >= 0.3 is 0 Å². The lowest BCUT2D eigenvalue weighted by Crippen LogP contribution is -2.28. The number of hydrogen-bond acceptors (Lipinski definition) is 2. The van der Waals surface area contributed by atoms with E-state index < -0.39 is 0 Å². The van der Waals surface area contributed by atoms with Gasteiger partial charge in [-0.15, -0.1) is 0 Å². The Morgan fingerprint density at radius 2 is 2.06 bits per heavy atom. The van der Waals surface area contributed by atoms with Gasteiger partial charge in [0.2, 0.25) is 0 Å². The fourth-order valence-corrected chi connectivity index (χ4v) is 2.55. The van der Waals surface area contributed by atoms with Crippen molar-refractivity contribution in [1.29, 1.82) is 0 Å². The molecular formula is C15H23NO. The van der Waals surface area contributed by atoms with Gasteiger partial charge in [0, 0.05) is 18.6 Å². The first-order valence-corrected chi connectivity index (χ1v) is 6.75. The molecule has 0 radical (unpaired) electrons. The summed E-state index contributed by atoms with van der Waals surface area (Å²) in [7, 11) is 0. The molecular weight excluding hydrogens is 210 g/mol. The van der Waals surface area contributed by atoms with Crippen LogP contribution < -0.4 is 5.32 Å². The van der Waals surface area contributed by atoms with E-state index in [2.05, 4.69) is 43.4 Å². The van der Waals surface area contributed by atoms with E-state index in [0.717, 1.165) is 26.2 Å². The third-order valence-corrected chi connectivity index (χ3v) is 3.61. The lowest BCUT2D eigenvalue weighted by molar-refractivity contribution is 0.177. The molecule has 1 fully saturated rings. The minimum Gasteiger partial charge on any atom is -0.381 e. The van der Waals surface area contributed by atoms with Crippen molar-refractivity contribution in [3.05, 3.63) is 35.4 Å². The van der Waals surface area contributed by atoms with Gasteiger partial charge in [-0.3, -0.25) is 0 Å². The highest BCUT2D eigenvalue weighted by Gasteiger charge is 2.26. The van der Waals surface area contributed by atoms with Crippen molar-refractivity contribution in [2.45, 2.75) is 32.7 Å². The van der Waals surface area contributed by atoms with Gasteiger partial charge in [0.15, 0.2) is 0 Å². The second kappa shape index (κ2) is 6.18. The molecule has 1 aliphatic rings. The molecule has 0 aromatic heterocycles. The minimum atomic E-state index is 0.452. The van der Waals surface area contributed by atoms with Crippen molar-refractivity contribution in [2.75, 3.05) is 19.8 Å². The molecule has 2 nitrogen and oxygen atoms in total. The Hall–Kier alpha value is -0.860. The van der Waals surface area contributed by atoms with E-state index in [4.69, 9.17) is 4.74 Å². The zero-order valence-electron chi connectivity index (χ0n) is 10.9. The molecule has 1 aromatic carbocycles. The van der Waals surface area contributed by atoms with Gasteiger partial charge in [-0.05, 0) is 30.5 Å². The first-order chi connectivity index (χ1) is 8.35. The number of hydrogen-bond donors (Lipinski definition) is 1. The molecule has 0 spiro atoms. The third-order valence-electron chi connectivity index (χ3n) is 3.61. The Morgan fingerprint density at radius 1 is 1.29 bits per heavy atom. The summed E-state index contributed by atoms with van der Waals surface area (Å²) >= 11 is 0. The normalized spacial score (nSPS) is 21.6. The molecule has 2 rings (SSSR count). The first kappa shape index (κ1) is 12.6. The summed E-state index contributed by atoms with van der Waals surface area (Å²) in [5.74, 6) is 0.627. The molecule has 17 heavy (non-hydrogen) atoms. The van der Waals surface area contributed by atoms with Gasteiger partial charge in [-0.2, -0.15) is 0 Å². The van der Waals surface area contributed by atoms with Crippen molar-refractivity contribution >= 4 is 0 Å². The van der Waals surface area contributed by atoms with Crippen molar-refractivity contribution in [2.24, 2.45) is 5.92 Å². The van der Waals surface area contributed by atoms with E-state index in [1.807, 2.05) is 0 Å². The summed E-state index contributed by atoms with van der Waals surface area (Å²) < 4.78 is 5.51. The fraction of sp³-hybridized carbons (Fsp3) is 0.600. The molecule has 94 valence electrons. The average molecular weight is 233 g/mol. The van der Waals surface area contributed by atoms with E-state index in [1.165, 1.54) is 17.5 Å². The van der Waals surface area contributed by atoms with E-state index in [-0.39, 0.29) is 0 Å². The molecule has 0 aliphatic carbocycles. The van der Waals surface area contributed by atoms with Crippen molar-refractivity contribution in [1.82, 2.24) is 5.32 Å². The van der Waals surface area contributed by atoms with Gasteiger partial charge in [0.05, 0.1) is 6.61 Å². The number of rotatable bonds is 5. The number of nitrogens with one attached hydrogen (secondary N) is 1. The smallest absolute Gasteiger partial charge is 0.0513 e. The molecule has 1 N–H and O–H groups in total. The molecule has 1 aromatic rings. The Morgan fingerprint density at radius 3 is 2.59 bits per heavy atom. The highest BCUT2D eigenvalue weighted by atomic mass is 16.5. The standard InChI is InChI=1S/C15H23NO/c1-3-12-5-7-13(8-6-12)15(16-4-2)14-9-10-17-11-14/h5-8,14-16H,3-4,9-11H2,1-2H3. The lowest BCUT2D eigenvalue weighted by atomic mass is 9.91. The van der Waals surface area contributed by atoms with Crippen LogP contribution in [0.15, 0.2) is 24.3 Å². The molecule has 0 saturated carbocycles. The third kappa shape index (κ3) is 3.08. The largest absolute Gasteiger partial charge is 0.381 e. The van der Waals surface area contributed by atoms with E-state index in [0.29, 0.717) is 12.0 Å². The van der Waals surface area contributed by atoms with Crippen LogP contribution in [0.3, 0.4) is 0 Å². The predicted molar refractivity (Wildman–Crippen MR) is 71.2 cm³/mol. The van der Waals surface area contributed by atoms with Crippen molar-refractivity contribution in [3.8, 4) is 0 Å². The SMILES string of the molecule is CCNC(c1ccc(CC)cc1)C1CCOC1. The first-order valence-electron chi connectivity index (χ1n) is 6.75. The van der Waals surface area contributed by atoms with Crippen LogP contribution in [0.1, 0.15) is 37.4 Å². The number of ether oxygens (including phenoxy) is 1. The van der Waals surface area contributed by atoms with Crippen LogP contribution in [-0.4, -0.2) is 19.8 Å². The Labute approximate surface area is 104 Å². The highest BCUT2D eigenvalue weighted by Crippen LogP contribution is 2.28.